The van der Waals surface area contributed by atoms with E-state index in [0.717, 1.165) is 6.08 Å². The zero-order chi connectivity index (χ0) is 7.40. The second kappa shape index (κ2) is 2.70. The summed E-state index contributed by atoms with van der Waals surface area (Å²) in [6.07, 6.45) is 1.99. The van der Waals surface area contributed by atoms with Crippen LogP contribution in [0.15, 0.2) is 12.3 Å². The van der Waals surface area contributed by atoms with Crippen LogP contribution in [0.5, 0.6) is 0 Å². The maximum Gasteiger partial charge on any atom is 0.218 e. The number of nitrogens with zero attached hydrogens (tertiary/aromatic N) is 2. The molecule has 0 aliphatic rings. The summed E-state index contributed by atoms with van der Waals surface area (Å²) in [6, 6.07) is 0. The Morgan fingerprint density at radius 1 is 1.80 bits per heavy atom. The van der Waals surface area contributed by atoms with Crippen LogP contribution in [0.2, 0.25) is 0 Å². The van der Waals surface area contributed by atoms with Crippen molar-refractivity contribution < 1.29 is 9.59 Å². The van der Waals surface area contributed by atoms with Crippen molar-refractivity contribution in [1.82, 2.24) is 15.4 Å². The van der Waals surface area contributed by atoms with Gasteiger partial charge in [-0.25, -0.2) is 4.79 Å². The Kier molecular flexibility index (Phi) is 1.72. The zero-order valence-electron chi connectivity index (χ0n) is 4.87. The summed E-state index contributed by atoms with van der Waals surface area (Å²) >= 11 is 0. The third-order valence-corrected chi connectivity index (χ3v) is 0.857. The van der Waals surface area contributed by atoms with Crippen molar-refractivity contribution in [3.8, 4) is 0 Å². The average Bonchev–Trinajstić information content (AvgIpc) is 2.38. The first-order chi connectivity index (χ1) is 4.84. The minimum atomic E-state index is -0.497. The minimum absolute atomic E-state index is 0.114. The van der Waals surface area contributed by atoms with E-state index in [0.29, 0.717) is 0 Å². The van der Waals surface area contributed by atoms with Gasteiger partial charge in [0.1, 0.15) is 5.94 Å². The molecule has 0 aliphatic carbocycles. The van der Waals surface area contributed by atoms with Gasteiger partial charge in [0.25, 0.3) is 0 Å². The number of carbonyl (C=O) groups is 1. The molecule has 5 heteroatoms. The van der Waals surface area contributed by atoms with E-state index in [1.165, 1.54) is 12.1 Å². The largest absolute Gasteiger partial charge is 0.287 e. The van der Waals surface area contributed by atoms with Crippen molar-refractivity contribution in [3.05, 3.63) is 18.0 Å². The molecule has 5 nitrogen and oxygen atoms in total. The molecule has 0 aliphatic heterocycles. The van der Waals surface area contributed by atoms with Crippen LogP contribution in [0, 0.1) is 0 Å². The Balaban J connectivity index is 2.87. The molecule has 0 fully saturated rings. The van der Waals surface area contributed by atoms with Gasteiger partial charge in [-0.15, -0.1) is 0 Å². The molecule has 1 N–H and O–H groups in total. The number of hydrogen-bond donors (Lipinski definition) is 1. The van der Waals surface area contributed by atoms with Gasteiger partial charge >= 0.3 is 0 Å². The maximum atomic E-state index is 10.7. The van der Waals surface area contributed by atoms with E-state index in [-0.39, 0.29) is 5.69 Å². The van der Waals surface area contributed by atoms with Crippen LogP contribution in [0.1, 0.15) is 10.5 Å². The molecule has 1 rings (SSSR count). The summed E-state index contributed by atoms with van der Waals surface area (Å²) < 4.78 is 0. The van der Waals surface area contributed by atoms with Gasteiger partial charge in [-0.05, 0) is 0 Å². The first kappa shape index (κ1) is 6.38. The third-order valence-electron chi connectivity index (χ3n) is 0.857. The number of allylic oxidation sites excluding steroid dienone is 1. The van der Waals surface area contributed by atoms with E-state index in [1.54, 1.807) is 0 Å². The molecule has 0 saturated carbocycles. The van der Waals surface area contributed by atoms with Crippen molar-refractivity contribution >= 4 is 11.7 Å². The van der Waals surface area contributed by atoms with Crippen molar-refractivity contribution in [2.24, 2.45) is 0 Å². The Morgan fingerprint density at radius 2 is 2.60 bits per heavy atom. The van der Waals surface area contributed by atoms with E-state index in [1.807, 2.05) is 0 Å². The summed E-state index contributed by atoms with van der Waals surface area (Å²) in [5, 5.41) is 9.06. The van der Waals surface area contributed by atoms with Gasteiger partial charge in [-0.2, -0.15) is 15.4 Å². The number of aromatic nitrogens is 3. The van der Waals surface area contributed by atoms with Gasteiger partial charge in [0.05, 0.1) is 12.3 Å². The molecule has 1 heterocycles. The van der Waals surface area contributed by atoms with Gasteiger partial charge in [0, 0.05) is 0 Å². The van der Waals surface area contributed by atoms with Crippen LogP contribution in [0.3, 0.4) is 0 Å². The van der Waals surface area contributed by atoms with Crippen molar-refractivity contribution in [2.45, 2.75) is 0 Å². The number of carbonyl (C=O) groups excluding carboxylic acids is 2. The molecule has 10 heavy (non-hydrogen) atoms. The molecule has 0 spiro atoms. The SMILES string of the molecule is O=C=CC(=O)c1cn[nH]n1. The lowest BCUT2D eigenvalue weighted by Crippen LogP contribution is -1.94. The van der Waals surface area contributed by atoms with Crippen molar-refractivity contribution in [3.63, 3.8) is 0 Å². The molecule has 0 bridgehead atoms. The van der Waals surface area contributed by atoms with Crippen LogP contribution in [-0.2, 0) is 4.79 Å². The van der Waals surface area contributed by atoms with Gasteiger partial charge in [0.2, 0.25) is 5.78 Å². The Labute approximate surface area is 55.7 Å². The van der Waals surface area contributed by atoms with Gasteiger partial charge < -0.3 is 0 Å². The van der Waals surface area contributed by atoms with Crippen molar-refractivity contribution in [1.29, 1.82) is 0 Å². The smallest absolute Gasteiger partial charge is 0.218 e. The molecular weight excluding hydrogens is 134 g/mol. The molecule has 50 valence electrons. The fourth-order valence-corrected chi connectivity index (χ4v) is 0.448. The lowest BCUT2D eigenvalue weighted by molar-refractivity contribution is 0.104. The fraction of sp³-hybridized carbons (Fsp3) is 0. The highest BCUT2D eigenvalue weighted by atomic mass is 16.1. The van der Waals surface area contributed by atoms with Crippen LogP contribution in [0.4, 0.5) is 0 Å². The zero-order valence-corrected chi connectivity index (χ0v) is 4.87. The predicted molar refractivity (Wildman–Crippen MR) is 31.0 cm³/mol. The number of aromatic amines is 1. The lowest BCUT2D eigenvalue weighted by Gasteiger charge is -1.77. The summed E-state index contributed by atoms with van der Waals surface area (Å²) in [4.78, 5) is 20.3. The molecule has 0 unspecified atom stereocenters. The number of rotatable bonds is 2. The van der Waals surface area contributed by atoms with E-state index < -0.39 is 5.78 Å². The van der Waals surface area contributed by atoms with E-state index in [2.05, 4.69) is 15.4 Å². The molecular formula is C5H3N3O2. The van der Waals surface area contributed by atoms with Gasteiger partial charge in [-0.3, -0.25) is 4.79 Å². The van der Waals surface area contributed by atoms with Crippen LogP contribution in [0.25, 0.3) is 0 Å². The molecule has 1 aromatic rings. The molecule has 0 radical (unpaired) electrons. The minimum Gasteiger partial charge on any atom is -0.287 e. The average molecular weight is 137 g/mol. The number of nitrogens with one attached hydrogen (secondary N) is 1. The molecule has 0 saturated heterocycles. The monoisotopic (exact) mass is 137 g/mol. The van der Waals surface area contributed by atoms with Gasteiger partial charge in [0.15, 0.2) is 5.69 Å². The Hall–Kier alpha value is -1.74. The Bertz CT molecular complexity index is 271. The molecule has 0 atom stereocenters. The van der Waals surface area contributed by atoms with Gasteiger partial charge in [-0.1, -0.05) is 0 Å². The normalized spacial score (nSPS) is 8.40. The predicted octanol–water partition coefficient (Wildman–Crippen LogP) is -0.625. The summed E-state index contributed by atoms with van der Waals surface area (Å²) in [7, 11) is 0. The number of H-pyrrole nitrogens is 1. The van der Waals surface area contributed by atoms with Crippen molar-refractivity contribution in [2.75, 3.05) is 0 Å². The van der Waals surface area contributed by atoms with Crippen LogP contribution < -0.4 is 0 Å². The van der Waals surface area contributed by atoms with E-state index in [9.17, 15) is 9.59 Å². The number of hydrogen-bond acceptors (Lipinski definition) is 4. The Morgan fingerprint density at radius 3 is 3.10 bits per heavy atom. The summed E-state index contributed by atoms with van der Waals surface area (Å²) in [5.41, 5.74) is 0.114. The highest BCUT2D eigenvalue weighted by Crippen LogP contribution is 1.89. The standard InChI is InChI=1S/C5H3N3O2/c9-2-1-5(10)4-3-6-8-7-4/h1,3H,(H,6,7,8). The first-order valence-electron chi connectivity index (χ1n) is 2.45. The summed E-state index contributed by atoms with van der Waals surface area (Å²) in [6.45, 7) is 0. The first-order valence-corrected chi connectivity index (χ1v) is 2.45. The topological polar surface area (TPSA) is 75.7 Å². The maximum absolute atomic E-state index is 10.7. The van der Waals surface area contributed by atoms with E-state index >= 15 is 0 Å². The molecule has 1 aromatic heterocycles. The third kappa shape index (κ3) is 1.15. The molecule has 0 aromatic carbocycles. The second-order valence-electron chi connectivity index (χ2n) is 1.48. The lowest BCUT2D eigenvalue weighted by atomic mass is 10.3. The molecule has 0 amide bonds. The highest BCUT2D eigenvalue weighted by molar-refractivity contribution is 6.06. The summed E-state index contributed by atoms with van der Waals surface area (Å²) in [5.74, 6) is 0.853. The quantitative estimate of drug-likeness (QED) is 0.334. The van der Waals surface area contributed by atoms with E-state index in [4.69, 9.17) is 0 Å². The number of ketones is 1. The van der Waals surface area contributed by atoms with Crippen LogP contribution in [-0.4, -0.2) is 27.1 Å². The highest BCUT2D eigenvalue weighted by Gasteiger charge is 2.03. The fourth-order valence-electron chi connectivity index (χ4n) is 0.448. The van der Waals surface area contributed by atoms with Crippen LogP contribution >= 0.6 is 0 Å². The second-order valence-corrected chi connectivity index (χ2v) is 1.48.